The lowest BCUT2D eigenvalue weighted by atomic mass is 10.3. The molecule has 0 bridgehead atoms. The van der Waals surface area contributed by atoms with Crippen LogP contribution in [0.1, 0.15) is 17.3 Å². The fourth-order valence-corrected chi connectivity index (χ4v) is 1.03. The van der Waals surface area contributed by atoms with Crippen LogP contribution in [0.2, 0.25) is 0 Å². The van der Waals surface area contributed by atoms with Crippen molar-refractivity contribution in [2.24, 2.45) is 0 Å². The zero-order valence-corrected chi connectivity index (χ0v) is 7.80. The number of carboxylic acids is 1. The first-order chi connectivity index (χ1) is 6.65. The van der Waals surface area contributed by atoms with Gasteiger partial charge in [-0.2, -0.15) is 0 Å². The maximum absolute atomic E-state index is 11.1. The molecule has 0 unspecified atom stereocenters. The van der Waals surface area contributed by atoms with Gasteiger partial charge in [0.15, 0.2) is 5.43 Å². The van der Waals surface area contributed by atoms with Crippen LogP contribution in [0, 0.1) is 0 Å². The molecule has 0 aliphatic carbocycles. The largest absolute Gasteiger partial charge is 0.477 e. The molecule has 14 heavy (non-hydrogen) atoms. The van der Waals surface area contributed by atoms with Crippen molar-refractivity contribution < 1.29 is 9.90 Å². The topological polar surface area (TPSA) is 59.3 Å². The number of aromatic carboxylic acids is 1. The van der Waals surface area contributed by atoms with E-state index in [1.165, 1.54) is 12.3 Å². The molecule has 0 fully saturated rings. The van der Waals surface area contributed by atoms with E-state index in [0.29, 0.717) is 6.54 Å². The summed E-state index contributed by atoms with van der Waals surface area (Å²) < 4.78 is 1.64. The summed E-state index contributed by atoms with van der Waals surface area (Å²) in [4.78, 5) is 21.7. The molecule has 4 nitrogen and oxygen atoms in total. The summed E-state index contributed by atoms with van der Waals surface area (Å²) in [6.45, 7) is 2.44. The fraction of sp³-hybridized carbons (Fsp3) is 0.200. The van der Waals surface area contributed by atoms with Gasteiger partial charge in [0.05, 0.1) is 0 Å². The van der Waals surface area contributed by atoms with Crippen molar-refractivity contribution in [3.63, 3.8) is 0 Å². The van der Waals surface area contributed by atoms with Gasteiger partial charge in [-0.3, -0.25) is 4.79 Å². The van der Waals surface area contributed by atoms with E-state index in [1.807, 2.05) is 19.1 Å². The molecule has 74 valence electrons. The average Bonchev–Trinajstić information content (AvgIpc) is 2.16. The maximum atomic E-state index is 11.1. The average molecular weight is 193 g/mol. The highest BCUT2D eigenvalue weighted by Crippen LogP contribution is 1.93. The Morgan fingerprint density at radius 2 is 2.36 bits per heavy atom. The first-order valence-electron chi connectivity index (χ1n) is 4.19. The minimum atomic E-state index is -1.19. The van der Waals surface area contributed by atoms with Gasteiger partial charge in [-0.1, -0.05) is 12.2 Å². The Kier molecular flexibility index (Phi) is 3.23. The molecule has 4 heteroatoms. The molecule has 0 aliphatic heterocycles. The van der Waals surface area contributed by atoms with E-state index >= 15 is 0 Å². The predicted molar refractivity (Wildman–Crippen MR) is 52.5 cm³/mol. The number of pyridine rings is 1. The van der Waals surface area contributed by atoms with Crippen LogP contribution in [0.5, 0.6) is 0 Å². The highest BCUT2D eigenvalue weighted by molar-refractivity contribution is 5.86. The predicted octanol–water partition coefficient (Wildman–Crippen LogP) is 1.12. The molecule has 0 saturated heterocycles. The first kappa shape index (κ1) is 10.2. The van der Waals surface area contributed by atoms with E-state index in [1.54, 1.807) is 10.8 Å². The second-order valence-corrected chi connectivity index (χ2v) is 2.79. The lowest BCUT2D eigenvalue weighted by Crippen LogP contribution is -2.16. The zero-order valence-electron chi connectivity index (χ0n) is 7.80. The first-order valence-corrected chi connectivity index (χ1v) is 4.19. The second kappa shape index (κ2) is 4.41. The molecule has 0 spiro atoms. The Bertz CT molecular complexity index is 418. The van der Waals surface area contributed by atoms with Gasteiger partial charge in [0.2, 0.25) is 0 Å². The van der Waals surface area contributed by atoms with E-state index < -0.39 is 11.4 Å². The number of hydrogen-bond donors (Lipinski definition) is 1. The van der Waals surface area contributed by atoms with Crippen LogP contribution in [-0.2, 0) is 6.54 Å². The second-order valence-electron chi connectivity index (χ2n) is 2.79. The Hall–Kier alpha value is -1.84. The Balaban J connectivity index is 3.06. The van der Waals surface area contributed by atoms with Gasteiger partial charge in [0, 0.05) is 25.0 Å². The highest BCUT2D eigenvalue weighted by atomic mass is 16.4. The van der Waals surface area contributed by atoms with Gasteiger partial charge in [-0.15, -0.1) is 0 Å². The lowest BCUT2D eigenvalue weighted by Gasteiger charge is -2.02. The molecule has 1 aromatic rings. The third-order valence-electron chi connectivity index (χ3n) is 1.76. The molecular weight excluding hydrogens is 182 g/mol. The van der Waals surface area contributed by atoms with E-state index in [0.717, 1.165) is 0 Å². The van der Waals surface area contributed by atoms with Gasteiger partial charge in [0.1, 0.15) is 5.56 Å². The number of aromatic nitrogens is 1. The van der Waals surface area contributed by atoms with Crippen LogP contribution in [0.3, 0.4) is 0 Å². The molecule has 1 aromatic heterocycles. The fourth-order valence-electron chi connectivity index (χ4n) is 1.03. The van der Waals surface area contributed by atoms with Gasteiger partial charge in [-0.25, -0.2) is 4.79 Å². The summed E-state index contributed by atoms with van der Waals surface area (Å²) >= 11 is 0. The lowest BCUT2D eigenvalue weighted by molar-refractivity contribution is 0.0694. The van der Waals surface area contributed by atoms with E-state index in [4.69, 9.17) is 5.11 Å². The molecule has 0 aliphatic rings. The SMILES string of the molecule is C/C=C/Cn1ccc(=O)c(C(=O)O)c1. The summed E-state index contributed by atoms with van der Waals surface area (Å²) in [5, 5.41) is 8.68. The monoisotopic (exact) mass is 193 g/mol. The third-order valence-corrected chi connectivity index (χ3v) is 1.76. The molecule has 0 amide bonds. The van der Waals surface area contributed by atoms with Gasteiger partial charge in [0.25, 0.3) is 0 Å². The Morgan fingerprint density at radius 3 is 2.93 bits per heavy atom. The maximum Gasteiger partial charge on any atom is 0.341 e. The van der Waals surface area contributed by atoms with Crippen molar-refractivity contribution in [3.05, 3.63) is 46.4 Å². The van der Waals surface area contributed by atoms with E-state index in [-0.39, 0.29) is 5.56 Å². The number of carbonyl (C=O) groups is 1. The number of nitrogens with zero attached hydrogens (tertiary/aromatic N) is 1. The van der Waals surface area contributed by atoms with Crippen molar-refractivity contribution in [1.29, 1.82) is 0 Å². The summed E-state index contributed by atoms with van der Waals surface area (Å²) in [6, 6.07) is 1.26. The van der Waals surface area contributed by atoms with Crippen LogP contribution in [0.4, 0.5) is 0 Å². The Morgan fingerprint density at radius 1 is 1.64 bits per heavy atom. The minimum absolute atomic E-state index is 0.197. The summed E-state index contributed by atoms with van der Waals surface area (Å²) in [6.07, 6.45) is 6.63. The van der Waals surface area contributed by atoms with E-state index in [2.05, 4.69) is 0 Å². The van der Waals surface area contributed by atoms with Crippen LogP contribution >= 0.6 is 0 Å². The summed E-state index contributed by atoms with van der Waals surface area (Å²) in [7, 11) is 0. The highest BCUT2D eigenvalue weighted by Gasteiger charge is 2.07. The third kappa shape index (κ3) is 2.32. The molecule has 0 radical (unpaired) electrons. The van der Waals surface area contributed by atoms with Crippen molar-refractivity contribution in [3.8, 4) is 0 Å². The van der Waals surface area contributed by atoms with Crippen molar-refractivity contribution in [2.45, 2.75) is 13.5 Å². The van der Waals surface area contributed by atoms with Crippen molar-refractivity contribution >= 4 is 5.97 Å². The molecule has 0 saturated carbocycles. The minimum Gasteiger partial charge on any atom is -0.477 e. The molecule has 1 N–H and O–H groups in total. The number of hydrogen-bond acceptors (Lipinski definition) is 2. The molecule has 0 aromatic carbocycles. The van der Waals surface area contributed by atoms with Gasteiger partial charge >= 0.3 is 5.97 Å². The van der Waals surface area contributed by atoms with E-state index in [9.17, 15) is 9.59 Å². The number of rotatable bonds is 3. The molecule has 1 heterocycles. The number of allylic oxidation sites excluding steroid dienone is 2. The normalized spacial score (nSPS) is 10.6. The molecule has 0 atom stereocenters. The summed E-state index contributed by atoms with van der Waals surface area (Å²) in [5.74, 6) is -1.19. The van der Waals surface area contributed by atoms with Crippen LogP contribution < -0.4 is 5.43 Å². The van der Waals surface area contributed by atoms with Crippen LogP contribution in [-0.4, -0.2) is 15.6 Å². The van der Waals surface area contributed by atoms with Gasteiger partial charge in [-0.05, 0) is 6.92 Å². The zero-order chi connectivity index (χ0) is 10.6. The molecular formula is C10H11NO3. The number of carboxylic acid groups (broad SMARTS) is 1. The van der Waals surface area contributed by atoms with Crippen molar-refractivity contribution in [1.82, 2.24) is 4.57 Å². The van der Waals surface area contributed by atoms with Crippen LogP contribution in [0.15, 0.2) is 35.4 Å². The van der Waals surface area contributed by atoms with Gasteiger partial charge < -0.3 is 9.67 Å². The smallest absolute Gasteiger partial charge is 0.341 e. The van der Waals surface area contributed by atoms with Crippen molar-refractivity contribution in [2.75, 3.05) is 0 Å². The standard InChI is InChI=1S/C10H11NO3/c1-2-3-5-11-6-4-9(12)8(7-11)10(13)14/h2-4,6-7H,5H2,1H3,(H,13,14)/b3-2+. The Labute approximate surface area is 81.1 Å². The van der Waals surface area contributed by atoms with Crippen LogP contribution in [0.25, 0.3) is 0 Å². The summed E-state index contributed by atoms with van der Waals surface area (Å²) in [5.41, 5.74) is -0.661. The molecule has 1 rings (SSSR count). The quantitative estimate of drug-likeness (QED) is 0.732.